The Morgan fingerprint density at radius 3 is 2.86 bits per heavy atom. The van der Waals surface area contributed by atoms with Crippen LogP contribution in [-0.4, -0.2) is 25.1 Å². The summed E-state index contributed by atoms with van der Waals surface area (Å²) in [5, 5.41) is 6.46. The maximum absolute atomic E-state index is 12.4. The van der Waals surface area contributed by atoms with Gasteiger partial charge < -0.3 is 10.6 Å². The van der Waals surface area contributed by atoms with Crippen LogP contribution in [0.5, 0.6) is 0 Å². The number of hydrogen-bond donors (Lipinski definition) is 2. The third-order valence-electron chi connectivity index (χ3n) is 4.54. The second-order valence-electron chi connectivity index (χ2n) is 7.19. The van der Waals surface area contributed by atoms with Gasteiger partial charge in [0.2, 0.25) is 5.91 Å². The predicted octanol–water partition coefficient (Wildman–Crippen LogP) is 4.17. The highest BCUT2D eigenvalue weighted by molar-refractivity contribution is 7.90. The summed E-state index contributed by atoms with van der Waals surface area (Å²) < 4.78 is 29.5. The molecule has 150 valence electrons. The van der Waals surface area contributed by atoms with Gasteiger partial charge in [0.15, 0.2) is 5.13 Å². The number of thiazole rings is 1. The zero-order valence-corrected chi connectivity index (χ0v) is 17.6. The van der Waals surface area contributed by atoms with Crippen molar-refractivity contribution in [3.63, 3.8) is 0 Å². The van der Waals surface area contributed by atoms with Gasteiger partial charge in [0.1, 0.15) is 10.7 Å². The van der Waals surface area contributed by atoms with Crippen LogP contribution in [0.25, 0.3) is 10.2 Å². The number of benzene rings is 2. The Kier molecular flexibility index (Phi) is 5.10. The number of aromatic nitrogens is 1. The van der Waals surface area contributed by atoms with Crippen molar-refractivity contribution in [3.05, 3.63) is 48.0 Å². The fourth-order valence-electron chi connectivity index (χ4n) is 3.23. The number of amides is 1. The standard InChI is InChI=1S/C20H20N4O3S2/c1-12-7-8-14-16(9-12)28-20(22-14)23-19(25)11-13(2)10-18-21-15-5-3-4-6-17(15)29(26,27)24-18/h3-9,13H,10-11H2,1-2H3,(H,21,24)(H,22,23,25). The largest absolute Gasteiger partial charge is 0.342 e. The summed E-state index contributed by atoms with van der Waals surface area (Å²) in [6, 6.07) is 12.6. The SMILES string of the molecule is Cc1ccc2nc(NC(=O)CC(C)CC3=NS(=O)(=O)c4ccccc4N3)sc2c1. The highest BCUT2D eigenvalue weighted by Crippen LogP contribution is 2.29. The van der Waals surface area contributed by atoms with E-state index in [0.29, 0.717) is 23.1 Å². The second-order valence-corrected chi connectivity index (χ2v) is 9.79. The van der Waals surface area contributed by atoms with Gasteiger partial charge in [0.05, 0.1) is 15.9 Å². The van der Waals surface area contributed by atoms with E-state index in [2.05, 4.69) is 20.0 Å². The Hall–Kier alpha value is -2.78. The Morgan fingerprint density at radius 2 is 2.03 bits per heavy atom. The first-order valence-electron chi connectivity index (χ1n) is 9.17. The van der Waals surface area contributed by atoms with Gasteiger partial charge in [-0.25, -0.2) is 4.98 Å². The normalized spacial score (nSPS) is 15.9. The van der Waals surface area contributed by atoms with Crippen molar-refractivity contribution < 1.29 is 13.2 Å². The summed E-state index contributed by atoms with van der Waals surface area (Å²) in [5.41, 5.74) is 2.51. The molecule has 0 fully saturated rings. The molecule has 9 heteroatoms. The number of sulfonamides is 1. The van der Waals surface area contributed by atoms with E-state index in [4.69, 9.17) is 0 Å². The first-order chi connectivity index (χ1) is 13.8. The Balaban J connectivity index is 1.40. The minimum atomic E-state index is -3.72. The fourth-order valence-corrected chi connectivity index (χ4v) is 5.37. The molecular formula is C20H20N4O3S2. The molecule has 1 aromatic heterocycles. The Labute approximate surface area is 172 Å². The molecule has 1 aliphatic heterocycles. The predicted molar refractivity (Wildman–Crippen MR) is 116 cm³/mol. The summed E-state index contributed by atoms with van der Waals surface area (Å²) >= 11 is 1.44. The molecule has 2 aromatic carbocycles. The monoisotopic (exact) mass is 428 g/mol. The maximum Gasteiger partial charge on any atom is 0.286 e. The molecule has 0 spiro atoms. The topological polar surface area (TPSA) is 101 Å². The number of carbonyl (C=O) groups excluding carboxylic acids is 1. The lowest BCUT2D eigenvalue weighted by Crippen LogP contribution is -2.25. The zero-order valence-electron chi connectivity index (χ0n) is 16.0. The minimum Gasteiger partial charge on any atom is -0.342 e. The molecule has 0 bridgehead atoms. The van der Waals surface area contributed by atoms with E-state index in [9.17, 15) is 13.2 Å². The molecule has 1 unspecified atom stereocenters. The van der Waals surface area contributed by atoms with E-state index in [1.54, 1.807) is 18.2 Å². The van der Waals surface area contributed by atoms with E-state index in [-0.39, 0.29) is 23.1 Å². The number of fused-ring (bicyclic) bond motifs is 2. The average molecular weight is 429 g/mol. The summed E-state index contributed by atoms with van der Waals surface area (Å²) in [7, 11) is -3.72. The molecule has 1 atom stereocenters. The van der Waals surface area contributed by atoms with Crippen molar-refractivity contribution in [1.82, 2.24) is 4.98 Å². The van der Waals surface area contributed by atoms with Crippen LogP contribution in [0.15, 0.2) is 51.8 Å². The van der Waals surface area contributed by atoms with Crippen LogP contribution in [0.3, 0.4) is 0 Å². The quantitative estimate of drug-likeness (QED) is 0.635. The molecule has 0 saturated carbocycles. The van der Waals surface area contributed by atoms with Crippen LogP contribution in [0.2, 0.25) is 0 Å². The summed E-state index contributed by atoms with van der Waals surface area (Å²) in [4.78, 5) is 17.0. The molecular weight excluding hydrogens is 408 g/mol. The first kappa shape index (κ1) is 19.5. The number of nitrogens with zero attached hydrogens (tertiary/aromatic N) is 2. The van der Waals surface area contributed by atoms with Gasteiger partial charge in [0, 0.05) is 12.8 Å². The van der Waals surface area contributed by atoms with Crippen molar-refractivity contribution in [2.75, 3.05) is 10.6 Å². The lowest BCUT2D eigenvalue weighted by molar-refractivity contribution is -0.116. The molecule has 29 heavy (non-hydrogen) atoms. The van der Waals surface area contributed by atoms with Gasteiger partial charge in [-0.15, -0.1) is 4.40 Å². The number of anilines is 2. The number of amidine groups is 1. The Bertz CT molecular complexity index is 1230. The van der Waals surface area contributed by atoms with Gasteiger partial charge in [0.25, 0.3) is 10.0 Å². The van der Waals surface area contributed by atoms with E-state index in [1.165, 1.54) is 17.4 Å². The summed E-state index contributed by atoms with van der Waals surface area (Å²) in [6.45, 7) is 3.90. The van der Waals surface area contributed by atoms with Crippen molar-refractivity contribution >= 4 is 54.1 Å². The Morgan fingerprint density at radius 1 is 1.24 bits per heavy atom. The summed E-state index contributed by atoms with van der Waals surface area (Å²) in [6.07, 6.45) is 0.581. The van der Waals surface area contributed by atoms with Gasteiger partial charge in [-0.2, -0.15) is 8.42 Å². The summed E-state index contributed by atoms with van der Waals surface area (Å²) in [5.74, 6) is 0.0887. The number of aryl methyl sites for hydroxylation is 1. The van der Waals surface area contributed by atoms with Crippen molar-refractivity contribution in [2.24, 2.45) is 10.3 Å². The van der Waals surface area contributed by atoms with Crippen molar-refractivity contribution in [3.8, 4) is 0 Å². The van der Waals surface area contributed by atoms with Crippen LogP contribution in [0.4, 0.5) is 10.8 Å². The third-order valence-corrected chi connectivity index (χ3v) is 6.85. The number of nitrogens with one attached hydrogen (secondary N) is 2. The maximum atomic E-state index is 12.4. The van der Waals surface area contributed by atoms with Crippen LogP contribution in [-0.2, 0) is 14.8 Å². The number of rotatable bonds is 5. The van der Waals surface area contributed by atoms with E-state index in [1.807, 2.05) is 32.0 Å². The first-order valence-corrected chi connectivity index (χ1v) is 11.4. The van der Waals surface area contributed by atoms with Gasteiger partial charge in [-0.1, -0.05) is 36.5 Å². The highest BCUT2D eigenvalue weighted by atomic mass is 32.2. The van der Waals surface area contributed by atoms with Crippen molar-refractivity contribution in [1.29, 1.82) is 0 Å². The molecule has 3 aromatic rings. The van der Waals surface area contributed by atoms with Crippen LogP contribution < -0.4 is 10.6 Å². The smallest absolute Gasteiger partial charge is 0.286 e. The average Bonchev–Trinajstić information content (AvgIpc) is 3.01. The van der Waals surface area contributed by atoms with Gasteiger partial charge in [-0.05, 0) is 42.7 Å². The van der Waals surface area contributed by atoms with Crippen molar-refractivity contribution in [2.45, 2.75) is 31.6 Å². The van der Waals surface area contributed by atoms with Crippen LogP contribution in [0, 0.1) is 12.8 Å². The number of carbonyl (C=O) groups is 1. The fraction of sp³-hybridized carbons (Fsp3) is 0.250. The second kappa shape index (κ2) is 7.57. The van der Waals surface area contributed by atoms with E-state index in [0.717, 1.165) is 15.8 Å². The third kappa shape index (κ3) is 4.30. The minimum absolute atomic E-state index is 0.0988. The van der Waals surface area contributed by atoms with E-state index < -0.39 is 10.0 Å². The lowest BCUT2D eigenvalue weighted by Gasteiger charge is -2.20. The molecule has 1 amide bonds. The zero-order chi connectivity index (χ0) is 20.6. The highest BCUT2D eigenvalue weighted by Gasteiger charge is 2.25. The van der Waals surface area contributed by atoms with E-state index >= 15 is 0 Å². The molecule has 0 saturated heterocycles. The number of para-hydroxylation sites is 1. The van der Waals surface area contributed by atoms with Crippen LogP contribution >= 0.6 is 11.3 Å². The molecule has 4 rings (SSSR count). The van der Waals surface area contributed by atoms with Crippen LogP contribution in [0.1, 0.15) is 25.3 Å². The lowest BCUT2D eigenvalue weighted by atomic mass is 10.0. The molecule has 1 aliphatic rings. The molecule has 0 aliphatic carbocycles. The number of hydrogen-bond acceptors (Lipinski definition) is 6. The molecule has 0 radical (unpaired) electrons. The van der Waals surface area contributed by atoms with Gasteiger partial charge in [-0.3, -0.25) is 4.79 Å². The molecule has 2 N–H and O–H groups in total. The van der Waals surface area contributed by atoms with Gasteiger partial charge >= 0.3 is 0 Å². The molecule has 2 heterocycles. The molecule has 7 nitrogen and oxygen atoms in total.